The van der Waals surface area contributed by atoms with Crippen LogP contribution in [0.15, 0.2) is 42.9 Å². The van der Waals surface area contributed by atoms with Crippen LogP contribution in [0.25, 0.3) is 0 Å². The van der Waals surface area contributed by atoms with Gasteiger partial charge in [-0.15, -0.1) is 0 Å². The van der Waals surface area contributed by atoms with Crippen LogP contribution >= 0.6 is 11.6 Å². The smallest absolute Gasteiger partial charge is 0.272 e. The maximum absolute atomic E-state index is 12.4. The summed E-state index contributed by atoms with van der Waals surface area (Å²) in [6.45, 7) is 0. The summed E-state index contributed by atoms with van der Waals surface area (Å²) in [4.78, 5) is 20.4. The van der Waals surface area contributed by atoms with Crippen molar-refractivity contribution in [2.24, 2.45) is 0 Å². The predicted octanol–water partition coefficient (Wildman–Crippen LogP) is 3.33. The predicted molar refractivity (Wildman–Crippen MR) is 81.1 cm³/mol. The molecule has 1 aromatic carbocycles. The number of rotatable bonds is 3. The summed E-state index contributed by atoms with van der Waals surface area (Å²) in [7, 11) is 0. The Kier molecular flexibility index (Phi) is 3.88. The average molecular weight is 302 g/mol. The van der Waals surface area contributed by atoms with Crippen LogP contribution < -0.4 is 5.32 Å². The third-order valence-electron chi connectivity index (χ3n) is 3.98. The van der Waals surface area contributed by atoms with Crippen LogP contribution in [0.4, 0.5) is 0 Å². The summed E-state index contributed by atoms with van der Waals surface area (Å²) < 4.78 is 0. The molecule has 0 aliphatic heterocycles. The SMILES string of the molecule is O=C(NC1(c2cccc(Cl)c2)CCCC1)c1cnccn1. The van der Waals surface area contributed by atoms with E-state index in [9.17, 15) is 4.79 Å². The molecule has 0 radical (unpaired) electrons. The number of halogens is 1. The van der Waals surface area contributed by atoms with Gasteiger partial charge in [0, 0.05) is 17.4 Å². The third-order valence-corrected chi connectivity index (χ3v) is 4.22. The number of hydrogen-bond donors (Lipinski definition) is 1. The van der Waals surface area contributed by atoms with Crippen molar-refractivity contribution in [3.8, 4) is 0 Å². The molecule has 2 aromatic rings. The zero-order valence-electron chi connectivity index (χ0n) is 11.6. The molecular weight excluding hydrogens is 286 g/mol. The van der Waals surface area contributed by atoms with Gasteiger partial charge >= 0.3 is 0 Å². The Bertz CT molecular complexity index is 639. The number of amides is 1. The molecule has 1 aromatic heterocycles. The van der Waals surface area contributed by atoms with Gasteiger partial charge in [0.2, 0.25) is 0 Å². The highest BCUT2D eigenvalue weighted by Crippen LogP contribution is 2.39. The highest BCUT2D eigenvalue weighted by Gasteiger charge is 2.37. The Morgan fingerprint density at radius 1 is 1.24 bits per heavy atom. The largest absolute Gasteiger partial charge is 0.341 e. The Hall–Kier alpha value is -1.94. The van der Waals surface area contributed by atoms with Crippen LogP contribution in [-0.2, 0) is 5.54 Å². The van der Waals surface area contributed by atoms with Crippen LogP contribution in [0, 0.1) is 0 Å². The van der Waals surface area contributed by atoms with Crippen LogP contribution in [0.1, 0.15) is 41.7 Å². The maximum Gasteiger partial charge on any atom is 0.272 e. The van der Waals surface area contributed by atoms with Crippen molar-refractivity contribution < 1.29 is 4.79 Å². The Labute approximate surface area is 128 Å². The number of hydrogen-bond acceptors (Lipinski definition) is 3. The van der Waals surface area contributed by atoms with E-state index >= 15 is 0 Å². The van der Waals surface area contributed by atoms with E-state index in [2.05, 4.69) is 15.3 Å². The highest BCUT2D eigenvalue weighted by atomic mass is 35.5. The van der Waals surface area contributed by atoms with Crippen LogP contribution in [0.5, 0.6) is 0 Å². The first-order chi connectivity index (χ1) is 10.2. The van der Waals surface area contributed by atoms with Crippen molar-refractivity contribution >= 4 is 17.5 Å². The Morgan fingerprint density at radius 3 is 2.71 bits per heavy atom. The third kappa shape index (κ3) is 2.90. The Morgan fingerprint density at radius 2 is 2.05 bits per heavy atom. The molecule has 0 saturated heterocycles. The highest BCUT2D eigenvalue weighted by molar-refractivity contribution is 6.30. The summed E-state index contributed by atoms with van der Waals surface area (Å²) in [6.07, 6.45) is 8.57. The molecule has 5 heteroatoms. The molecule has 3 rings (SSSR count). The molecule has 1 saturated carbocycles. The number of aromatic nitrogens is 2. The molecular formula is C16H16ClN3O. The van der Waals surface area contributed by atoms with E-state index in [1.54, 1.807) is 6.20 Å². The van der Waals surface area contributed by atoms with E-state index in [0.717, 1.165) is 31.2 Å². The van der Waals surface area contributed by atoms with Crippen molar-refractivity contribution in [1.82, 2.24) is 15.3 Å². The van der Waals surface area contributed by atoms with Gasteiger partial charge in [-0.1, -0.05) is 36.6 Å². The fraction of sp³-hybridized carbons (Fsp3) is 0.312. The number of nitrogens with one attached hydrogen (secondary N) is 1. The van der Waals surface area contributed by atoms with Gasteiger partial charge in [0.15, 0.2) is 0 Å². The van der Waals surface area contributed by atoms with Gasteiger partial charge in [-0.25, -0.2) is 4.98 Å². The zero-order chi connectivity index (χ0) is 14.7. The van der Waals surface area contributed by atoms with Crippen molar-refractivity contribution in [2.75, 3.05) is 0 Å². The lowest BCUT2D eigenvalue weighted by Gasteiger charge is -2.31. The maximum atomic E-state index is 12.4. The number of carbonyl (C=O) groups is 1. The van der Waals surface area contributed by atoms with Crippen LogP contribution in [-0.4, -0.2) is 15.9 Å². The van der Waals surface area contributed by atoms with Gasteiger partial charge < -0.3 is 5.32 Å². The van der Waals surface area contributed by atoms with Gasteiger partial charge in [-0.3, -0.25) is 9.78 Å². The fourth-order valence-corrected chi connectivity index (χ4v) is 3.14. The first-order valence-corrected chi connectivity index (χ1v) is 7.42. The van der Waals surface area contributed by atoms with Gasteiger partial charge in [0.1, 0.15) is 5.69 Å². The van der Waals surface area contributed by atoms with Gasteiger partial charge in [-0.2, -0.15) is 0 Å². The molecule has 0 bridgehead atoms. The number of benzene rings is 1. The molecule has 0 atom stereocenters. The van der Waals surface area contributed by atoms with Crippen LogP contribution in [0.2, 0.25) is 5.02 Å². The summed E-state index contributed by atoms with van der Waals surface area (Å²) in [5.74, 6) is -0.190. The van der Waals surface area contributed by atoms with Gasteiger partial charge in [0.25, 0.3) is 5.91 Å². The quantitative estimate of drug-likeness (QED) is 0.946. The first kappa shape index (κ1) is 14.0. The second-order valence-corrected chi connectivity index (χ2v) is 5.78. The van der Waals surface area contributed by atoms with Crippen LogP contribution in [0.3, 0.4) is 0 Å². The van der Waals surface area contributed by atoms with Gasteiger partial charge in [0.05, 0.1) is 11.7 Å². The minimum absolute atomic E-state index is 0.190. The lowest BCUT2D eigenvalue weighted by atomic mass is 9.88. The number of carbonyl (C=O) groups excluding carboxylic acids is 1. The standard InChI is InChI=1S/C16H16ClN3O/c17-13-5-3-4-12(10-13)16(6-1-2-7-16)20-15(21)14-11-18-8-9-19-14/h3-5,8-11H,1-2,6-7H2,(H,20,21). The summed E-state index contributed by atoms with van der Waals surface area (Å²) >= 11 is 6.10. The molecule has 4 nitrogen and oxygen atoms in total. The van der Waals surface area contributed by atoms with Gasteiger partial charge in [-0.05, 0) is 30.5 Å². The zero-order valence-corrected chi connectivity index (χ0v) is 12.3. The molecule has 1 N–H and O–H groups in total. The summed E-state index contributed by atoms with van der Waals surface area (Å²) in [5.41, 5.74) is 1.05. The molecule has 1 heterocycles. The van der Waals surface area contributed by atoms with E-state index in [1.165, 1.54) is 12.4 Å². The van der Waals surface area contributed by atoms with E-state index in [-0.39, 0.29) is 11.4 Å². The lowest BCUT2D eigenvalue weighted by molar-refractivity contribution is 0.0892. The summed E-state index contributed by atoms with van der Waals surface area (Å²) in [6, 6.07) is 7.72. The second-order valence-electron chi connectivity index (χ2n) is 5.34. The van der Waals surface area contributed by atoms with Crippen molar-refractivity contribution in [2.45, 2.75) is 31.2 Å². The molecule has 0 unspecified atom stereocenters. The van der Waals surface area contributed by atoms with Crippen molar-refractivity contribution in [3.05, 3.63) is 59.1 Å². The van der Waals surface area contributed by atoms with Crippen molar-refractivity contribution in [3.63, 3.8) is 0 Å². The summed E-state index contributed by atoms with van der Waals surface area (Å²) in [5, 5.41) is 3.84. The number of nitrogens with zero attached hydrogens (tertiary/aromatic N) is 2. The van der Waals surface area contributed by atoms with Crippen molar-refractivity contribution in [1.29, 1.82) is 0 Å². The molecule has 108 valence electrons. The lowest BCUT2D eigenvalue weighted by Crippen LogP contribution is -2.44. The molecule has 1 aliphatic carbocycles. The van der Waals surface area contributed by atoms with E-state index in [4.69, 9.17) is 11.6 Å². The topological polar surface area (TPSA) is 54.9 Å². The average Bonchev–Trinajstić information content (AvgIpc) is 2.98. The van der Waals surface area contributed by atoms with E-state index in [0.29, 0.717) is 10.7 Å². The van der Waals surface area contributed by atoms with E-state index < -0.39 is 0 Å². The molecule has 1 aliphatic rings. The molecule has 1 amide bonds. The molecule has 21 heavy (non-hydrogen) atoms. The second kappa shape index (κ2) is 5.82. The monoisotopic (exact) mass is 301 g/mol. The molecule has 0 spiro atoms. The minimum atomic E-state index is -0.348. The minimum Gasteiger partial charge on any atom is -0.341 e. The normalized spacial score (nSPS) is 16.6. The molecule has 1 fully saturated rings. The van der Waals surface area contributed by atoms with E-state index in [1.807, 2.05) is 24.3 Å². The first-order valence-electron chi connectivity index (χ1n) is 7.04. The Balaban J connectivity index is 1.90. The fourth-order valence-electron chi connectivity index (χ4n) is 2.95.